The molecule has 1 aliphatic heterocycles. The van der Waals surface area contributed by atoms with Crippen molar-refractivity contribution in [3.05, 3.63) is 34.6 Å². The Labute approximate surface area is 155 Å². The fourth-order valence-electron chi connectivity index (χ4n) is 2.90. The number of hydrogen-bond acceptors (Lipinski definition) is 7. The summed E-state index contributed by atoms with van der Waals surface area (Å²) in [5.74, 6) is -1.20. The smallest absolute Gasteiger partial charge is 0.347 e. The van der Waals surface area contributed by atoms with E-state index in [1.54, 1.807) is 6.92 Å². The molecule has 8 nitrogen and oxygen atoms in total. The lowest BCUT2D eigenvalue weighted by molar-refractivity contribution is -0.117. The van der Waals surface area contributed by atoms with Gasteiger partial charge in [0, 0.05) is 43.8 Å². The molecule has 0 radical (unpaired) electrons. The highest BCUT2D eigenvalue weighted by molar-refractivity contribution is 7.17. The number of amides is 1. The normalized spacial score (nSPS) is 15.1. The predicted molar refractivity (Wildman–Crippen MR) is 100 cm³/mol. The van der Waals surface area contributed by atoms with Crippen molar-refractivity contribution in [2.75, 3.05) is 42.9 Å². The zero-order valence-corrected chi connectivity index (χ0v) is 15.5. The number of nitrogens with one attached hydrogen (secondary N) is 1. The lowest BCUT2D eigenvalue weighted by atomic mass is 10.2. The summed E-state index contributed by atoms with van der Waals surface area (Å²) in [6.45, 7) is 7.12. The number of hydrogen-bond donors (Lipinski definition) is 2. The molecule has 0 aliphatic carbocycles. The van der Waals surface area contributed by atoms with Gasteiger partial charge in [-0.15, -0.1) is 0 Å². The Hall–Kier alpha value is -2.52. The van der Waals surface area contributed by atoms with Crippen LogP contribution in [0.3, 0.4) is 0 Å². The van der Waals surface area contributed by atoms with Crippen LogP contribution in [0.4, 0.5) is 10.8 Å². The molecule has 0 bridgehead atoms. The highest BCUT2D eigenvalue weighted by Crippen LogP contribution is 2.22. The topological polar surface area (TPSA) is 98.7 Å². The molecule has 2 aromatic rings. The number of nitrogens with zero attached hydrogens (tertiary/aromatic N) is 4. The molecule has 0 atom stereocenters. The van der Waals surface area contributed by atoms with Crippen LogP contribution in [0.1, 0.15) is 21.1 Å². The van der Waals surface area contributed by atoms with Crippen LogP contribution >= 0.6 is 11.3 Å². The van der Waals surface area contributed by atoms with Crippen molar-refractivity contribution in [1.82, 2.24) is 14.9 Å². The Bertz CT molecular complexity index is 814. The summed E-state index contributed by atoms with van der Waals surface area (Å²) >= 11 is 0.982. The third kappa shape index (κ3) is 4.36. The second-order valence-electron chi connectivity index (χ2n) is 6.21. The van der Waals surface area contributed by atoms with Crippen LogP contribution in [0.2, 0.25) is 0 Å². The van der Waals surface area contributed by atoms with Crippen molar-refractivity contribution in [2.45, 2.75) is 13.8 Å². The molecular weight excluding hydrogens is 354 g/mol. The largest absolute Gasteiger partial charge is 0.477 e. The zero-order valence-electron chi connectivity index (χ0n) is 14.7. The second-order valence-corrected chi connectivity index (χ2v) is 7.20. The van der Waals surface area contributed by atoms with E-state index < -0.39 is 5.97 Å². The van der Waals surface area contributed by atoms with Crippen molar-refractivity contribution in [1.29, 1.82) is 0 Å². The number of aromatic carboxylic acids is 1. The molecule has 0 aromatic carbocycles. The molecule has 3 heterocycles. The number of carboxylic acids is 1. The summed E-state index contributed by atoms with van der Waals surface area (Å²) in [4.78, 5) is 36.1. The summed E-state index contributed by atoms with van der Waals surface area (Å²) in [6.07, 6.45) is 1.81. The molecule has 0 unspecified atom stereocenters. The number of aryl methyl sites for hydroxylation is 2. The minimum atomic E-state index is -1.03. The van der Waals surface area contributed by atoms with Crippen molar-refractivity contribution in [3.63, 3.8) is 0 Å². The van der Waals surface area contributed by atoms with Crippen LogP contribution in [-0.2, 0) is 4.79 Å². The van der Waals surface area contributed by atoms with Crippen LogP contribution < -0.4 is 10.2 Å². The third-order valence-corrected chi connectivity index (χ3v) is 5.28. The minimum Gasteiger partial charge on any atom is -0.477 e. The maximum absolute atomic E-state index is 12.2. The standard InChI is InChI=1S/C17H21N5O3S/c1-11-9-13(3-4-18-11)22-7-5-21(6-8-22)10-14(23)20-17-19-12(2)15(26-17)16(24)25/h3-4,9H,5-8,10H2,1-2H3,(H,24,25)(H,19,20,23). The molecule has 2 aromatic heterocycles. The van der Waals surface area contributed by atoms with Gasteiger partial charge in [-0.3, -0.25) is 14.7 Å². The Balaban J connectivity index is 1.50. The quantitative estimate of drug-likeness (QED) is 0.819. The number of carbonyl (C=O) groups excluding carboxylic acids is 1. The van der Waals surface area contributed by atoms with Gasteiger partial charge in [-0.1, -0.05) is 11.3 Å². The van der Waals surface area contributed by atoms with Gasteiger partial charge in [0.15, 0.2) is 5.13 Å². The minimum absolute atomic E-state index is 0.154. The Morgan fingerprint density at radius 2 is 2.00 bits per heavy atom. The first kappa shape index (κ1) is 18.3. The van der Waals surface area contributed by atoms with E-state index in [-0.39, 0.29) is 17.3 Å². The number of anilines is 2. The van der Waals surface area contributed by atoms with E-state index in [2.05, 4.69) is 31.2 Å². The number of carbonyl (C=O) groups is 2. The van der Waals surface area contributed by atoms with Gasteiger partial charge in [-0.2, -0.15) is 0 Å². The van der Waals surface area contributed by atoms with Crippen molar-refractivity contribution >= 4 is 34.0 Å². The lowest BCUT2D eigenvalue weighted by Crippen LogP contribution is -2.48. The molecular formula is C17H21N5O3S. The first-order chi connectivity index (χ1) is 12.4. The Morgan fingerprint density at radius 3 is 2.62 bits per heavy atom. The predicted octanol–water partition coefficient (Wildman–Crippen LogP) is 1.61. The van der Waals surface area contributed by atoms with E-state index in [9.17, 15) is 9.59 Å². The van der Waals surface area contributed by atoms with Gasteiger partial charge in [-0.05, 0) is 26.0 Å². The van der Waals surface area contributed by atoms with E-state index in [1.165, 1.54) is 0 Å². The van der Waals surface area contributed by atoms with E-state index in [0.29, 0.717) is 10.8 Å². The van der Waals surface area contributed by atoms with Gasteiger partial charge in [0.05, 0.1) is 12.2 Å². The summed E-state index contributed by atoms with van der Waals surface area (Å²) in [5, 5.41) is 12.1. The average molecular weight is 375 g/mol. The number of thiazole rings is 1. The van der Waals surface area contributed by atoms with E-state index in [1.807, 2.05) is 19.2 Å². The number of carboxylic acid groups (broad SMARTS) is 1. The highest BCUT2D eigenvalue weighted by Gasteiger charge is 2.21. The van der Waals surface area contributed by atoms with Crippen molar-refractivity contribution < 1.29 is 14.7 Å². The monoisotopic (exact) mass is 375 g/mol. The second kappa shape index (κ2) is 7.79. The Kier molecular flexibility index (Phi) is 5.48. The summed E-state index contributed by atoms with van der Waals surface area (Å²) in [6, 6.07) is 4.06. The molecule has 0 saturated carbocycles. The van der Waals surface area contributed by atoms with Gasteiger partial charge >= 0.3 is 5.97 Å². The highest BCUT2D eigenvalue weighted by atomic mass is 32.1. The fourth-order valence-corrected chi connectivity index (χ4v) is 3.72. The molecule has 138 valence electrons. The first-order valence-electron chi connectivity index (χ1n) is 8.33. The maximum Gasteiger partial charge on any atom is 0.347 e. The number of aromatic nitrogens is 2. The van der Waals surface area contributed by atoms with Crippen LogP contribution in [0.5, 0.6) is 0 Å². The van der Waals surface area contributed by atoms with Crippen molar-refractivity contribution in [2.24, 2.45) is 0 Å². The van der Waals surface area contributed by atoms with Gasteiger partial charge in [0.2, 0.25) is 5.91 Å². The SMILES string of the molecule is Cc1cc(N2CCN(CC(=O)Nc3nc(C)c(C(=O)O)s3)CC2)ccn1. The van der Waals surface area contributed by atoms with E-state index in [0.717, 1.165) is 48.9 Å². The Morgan fingerprint density at radius 1 is 1.27 bits per heavy atom. The lowest BCUT2D eigenvalue weighted by Gasteiger charge is -2.35. The van der Waals surface area contributed by atoms with Gasteiger partial charge in [0.1, 0.15) is 4.88 Å². The van der Waals surface area contributed by atoms with Crippen LogP contribution in [-0.4, -0.2) is 64.6 Å². The van der Waals surface area contributed by atoms with Gasteiger partial charge in [0.25, 0.3) is 0 Å². The molecule has 1 amide bonds. The summed E-state index contributed by atoms with van der Waals surface area (Å²) in [7, 11) is 0. The number of pyridine rings is 1. The van der Waals surface area contributed by atoms with Crippen LogP contribution in [0, 0.1) is 13.8 Å². The maximum atomic E-state index is 12.2. The van der Waals surface area contributed by atoms with Crippen LogP contribution in [0.25, 0.3) is 0 Å². The fraction of sp³-hybridized carbons (Fsp3) is 0.412. The molecule has 26 heavy (non-hydrogen) atoms. The van der Waals surface area contributed by atoms with Crippen LogP contribution in [0.15, 0.2) is 18.3 Å². The summed E-state index contributed by atoms with van der Waals surface area (Å²) < 4.78 is 0. The van der Waals surface area contributed by atoms with E-state index >= 15 is 0 Å². The third-order valence-electron chi connectivity index (χ3n) is 4.22. The molecule has 3 rings (SSSR count). The summed E-state index contributed by atoms with van der Waals surface area (Å²) in [5.41, 5.74) is 2.56. The molecule has 0 spiro atoms. The number of piperazine rings is 1. The average Bonchev–Trinajstić information content (AvgIpc) is 2.96. The zero-order chi connectivity index (χ0) is 18.7. The molecule has 1 aliphatic rings. The van der Waals surface area contributed by atoms with Gasteiger partial charge in [-0.25, -0.2) is 9.78 Å². The molecule has 2 N–H and O–H groups in total. The number of rotatable bonds is 5. The van der Waals surface area contributed by atoms with Crippen molar-refractivity contribution in [3.8, 4) is 0 Å². The van der Waals surface area contributed by atoms with E-state index in [4.69, 9.17) is 5.11 Å². The molecule has 9 heteroatoms. The molecule has 1 fully saturated rings. The molecule has 1 saturated heterocycles. The van der Waals surface area contributed by atoms with Gasteiger partial charge < -0.3 is 15.3 Å². The first-order valence-corrected chi connectivity index (χ1v) is 9.14.